The zero-order valence-corrected chi connectivity index (χ0v) is 15.9. The highest BCUT2D eigenvalue weighted by Crippen LogP contribution is 2.38. The summed E-state index contributed by atoms with van der Waals surface area (Å²) in [5.41, 5.74) is 0.165. The number of hydrogen-bond donors (Lipinski definition) is 3. The van der Waals surface area contributed by atoms with Crippen molar-refractivity contribution in [3.63, 3.8) is 0 Å². The van der Waals surface area contributed by atoms with Gasteiger partial charge in [0.25, 0.3) is 5.24 Å². The van der Waals surface area contributed by atoms with Gasteiger partial charge >= 0.3 is 5.97 Å². The van der Waals surface area contributed by atoms with Crippen molar-refractivity contribution < 1.29 is 34.1 Å². The van der Waals surface area contributed by atoms with Crippen LogP contribution >= 0.6 is 11.8 Å². The molecule has 2 aromatic rings. The van der Waals surface area contributed by atoms with Gasteiger partial charge in [-0.05, 0) is 36.0 Å². The van der Waals surface area contributed by atoms with Crippen molar-refractivity contribution in [3.05, 3.63) is 48.0 Å². The van der Waals surface area contributed by atoms with Crippen molar-refractivity contribution in [1.29, 1.82) is 0 Å². The monoisotopic (exact) mass is 416 g/mol. The quantitative estimate of drug-likeness (QED) is 0.655. The molecule has 9 nitrogen and oxygen atoms in total. The maximum absolute atomic E-state index is 12.7. The highest BCUT2D eigenvalue weighted by Gasteiger charge is 2.42. The van der Waals surface area contributed by atoms with E-state index in [1.54, 1.807) is 24.3 Å². The first-order valence-corrected chi connectivity index (χ1v) is 9.23. The average molecular weight is 416 g/mol. The third-order valence-corrected chi connectivity index (χ3v) is 5.17. The van der Waals surface area contributed by atoms with Crippen LogP contribution in [0.5, 0.6) is 11.5 Å². The van der Waals surface area contributed by atoms with Gasteiger partial charge in [0.2, 0.25) is 11.8 Å². The van der Waals surface area contributed by atoms with Gasteiger partial charge in [0, 0.05) is 18.2 Å². The standard InChI is InChI=1S/C19H16N2O7S/c1-28-14-5-3-2-4-12(14)21-17(24)15(29-19(21)27)9-16(23)20-10-6-7-11(18(25)26)13(22)8-10/h2-8,15,22H,9H2,1H3,(H,20,23)(H,25,26). The number of imide groups is 1. The molecule has 0 saturated carbocycles. The minimum Gasteiger partial charge on any atom is -0.507 e. The van der Waals surface area contributed by atoms with Crippen LogP contribution in [0, 0.1) is 0 Å². The number of benzene rings is 2. The molecule has 0 aromatic heterocycles. The lowest BCUT2D eigenvalue weighted by Crippen LogP contribution is -2.33. The van der Waals surface area contributed by atoms with E-state index in [0.717, 1.165) is 28.8 Å². The van der Waals surface area contributed by atoms with Crippen LogP contribution in [0.15, 0.2) is 42.5 Å². The summed E-state index contributed by atoms with van der Waals surface area (Å²) in [4.78, 5) is 49.2. The Bertz CT molecular complexity index is 1010. The zero-order chi connectivity index (χ0) is 21.1. The molecule has 150 valence electrons. The van der Waals surface area contributed by atoms with Crippen molar-refractivity contribution in [2.75, 3.05) is 17.3 Å². The number of hydrogen-bond acceptors (Lipinski definition) is 7. The fourth-order valence-electron chi connectivity index (χ4n) is 2.79. The van der Waals surface area contributed by atoms with Crippen molar-refractivity contribution in [1.82, 2.24) is 0 Å². The number of methoxy groups -OCH3 is 1. The summed E-state index contributed by atoms with van der Waals surface area (Å²) in [6.07, 6.45) is -0.275. The Labute approximate surface area is 169 Å². The summed E-state index contributed by atoms with van der Waals surface area (Å²) in [6, 6.07) is 10.1. The van der Waals surface area contributed by atoms with Crippen LogP contribution in [0.3, 0.4) is 0 Å². The van der Waals surface area contributed by atoms with E-state index in [4.69, 9.17) is 9.84 Å². The van der Waals surface area contributed by atoms with Gasteiger partial charge in [0.1, 0.15) is 22.3 Å². The summed E-state index contributed by atoms with van der Waals surface area (Å²) in [5.74, 6) is -2.55. The van der Waals surface area contributed by atoms with Gasteiger partial charge in [-0.15, -0.1) is 0 Å². The van der Waals surface area contributed by atoms with Crippen LogP contribution in [0.1, 0.15) is 16.8 Å². The number of anilines is 2. The van der Waals surface area contributed by atoms with Gasteiger partial charge in [-0.3, -0.25) is 14.4 Å². The number of nitrogens with one attached hydrogen (secondary N) is 1. The Balaban J connectivity index is 1.70. The van der Waals surface area contributed by atoms with Crippen LogP contribution in [-0.4, -0.2) is 45.6 Å². The van der Waals surface area contributed by atoms with E-state index in [1.807, 2.05) is 0 Å². The number of nitrogens with zero attached hydrogens (tertiary/aromatic N) is 1. The Kier molecular flexibility index (Phi) is 5.74. The van der Waals surface area contributed by atoms with Crippen molar-refractivity contribution in [2.24, 2.45) is 0 Å². The molecule has 1 fully saturated rings. The van der Waals surface area contributed by atoms with Gasteiger partial charge in [-0.2, -0.15) is 0 Å². The fourth-order valence-corrected chi connectivity index (χ4v) is 3.77. The number of amides is 3. The molecule has 29 heavy (non-hydrogen) atoms. The number of ether oxygens (including phenoxy) is 1. The molecule has 1 aliphatic rings. The second kappa shape index (κ2) is 8.23. The number of aromatic hydroxyl groups is 1. The first-order chi connectivity index (χ1) is 13.8. The largest absolute Gasteiger partial charge is 0.507 e. The lowest BCUT2D eigenvalue weighted by Gasteiger charge is -2.16. The van der Waals surface area contributed by atoms with Crippen LogP contribution in [-0.2, 0) is 9.59 Å². The number of aromatic carboxylic acids is 1. The summed E-state index contributed by atoms with van der Waals surface area (Å²) in [5, 5.41) is 19.6. The molecular formula is C19H16N2O7S. The lowest BCUT2D eigenvalue weighted by molar-refractivity contribution is -0.121. The Morgan fingerprint density at radius 2 is 1.93 bits per heavy atom. The van der Waals surface area contributed by atoms with Crippen molar-refractivity contribution in [2.45, 2.75) is 11.7 Å². The van der Waals surface area contributed by atoms with E-state index in [1.165, 1.54) is 13.2 Å². The van der Waals surface area contributed by atoms with E-state index in [-0.39, 0.29) is 17.7 Å². The molecule has 1 saturated heterocycles. The Morgan fingerprint density at radius 1 is 1.21 bits per heavy atom. The van der Waals surface area contributed by atoms with E-state index in [0.29, 0.717) is 11.4 Å². The molecule has 1 atom stereocenters. The number of phenols is 1. The van der Waals surface area contributed by atoms with Gasteiger partial charge < -0.3 is 20.3 Å². The summed E-state index contributed by atoms with van der Waals surface area (Å²) < 4.78 is 5.19. The highest BCUT2D eigenvalue weighted by molar-refractivity contribution is 8.15. The number of para-hydroxylation sites is 2. The number of carbonyl (C=O) groups is 4. The average Bonchev–Trinajstić information content (AvgIpc) is 2.94. The summed E-state index contributed by atoms with van der Waals surface area (Å²) in [6.45, 7) is 0. The minimum absolute atomic E-state index is 0.167. The fraction of sp³-hybridized carbons (Fsp3) is 0.158. The first-order valence-electron chi connectivity index (χ1n) is 8.35. The second-order valence-electron chi connectivity index (χ2n) is 6.01. The molecule has 1 unspecified atom stereocenters. The van der Waals surface area contributed by atoms with E-state index in [2.05, 4.69) is 5.32 Å². The smallest absolute Gasteiger partial charge is 0.339 e. The molecule has 3 amide bonds. The van der Waals surface area contributed by atoms with E-state index < -0.39 is 34.0 Å². The molecule has 0 spiro atoms. The summed E-state index contributed by atoms with van der Waals surface area (Å²) in [7, 11) is 1.42. The maximum Gasteiger partial charge on any atom is 0.339 e. The molecule has 1 heterocycles. The third-order valence-electron chi connectivity index (χ3n) is 4.13. The SMILES string of the molecule is COc1ccccc1N1C(=O)SC(CC(=O)Nc2ccc(C(=O)O)c(O)c2)C1=O. The third kappa shape index (κ3) is 4.16. The van der Waals surface area contributed by atoms with Crippen LogP contribution in [0.25, 0.3) is 0 Å². The Hall–Kier alpha value is -3.53. The molecule has 3 rings (SSSR count). The van der Waals surface area contributed by atoms with Gasteiger partial charge in [0.15, 0.2) is 0 Å². The normalized spacial score (nSPS) is 16.0. The molecule has 0 bridgehead atoms. The molecule has 1 aliphatic heterocycles. The van der Waals surface area contributed by atoms with Gasteiger partial charge in [-0.25, -0.2) is 9.69 Å². The molecular weight excluding hydrogens is 400 g/mol. The topological polar surface area (TPSA) is 133 Å². The predicted molar refractivity (Wildman–Crippen MR) is 106 cm³/mol. The number of carboxylic acid groups (broad SMARTS) is 1. The van der Waals surface area contributed by atoms with Crippen LogP contribution in [0.4, 0.5) is 16.2 Å². The van der Waals surface area contributed by atoms with Crippen LogP contribution < -0.4 is 15.0 Å². The maximum atomic E-state index is 12.7. The van der Waals surface area contributed by atoms with Gasteiger partial charge in [-0.1, -0.05) is 12.1 Å². The number of thioether (sulfide) groups is 1. The van der Waals surface area contributed by atoms with Gasteiger partial charge in [0.05, 0.1) is 12.8 Å². The Morgan fingerprint density at radius 3 is 2.59 bits per heavy atom. The number of carbonyl (C=O) groups excluding carboxylic acids is 3. The number of rotatable bonds is 6. The highest BCUT2D eigenvalue weighted by atomic mass is 32.2. The van der Waals surface area contributed by atoms with E-state index in [9.17, 15) is 24.3 Å². The van der Waals surface area contributed by atoms with Crippen molar-refractivity contribution >= 4 is 46.2 Å². The molecule has 0 radical (unpaired) electrons. The predicted octanol–water partition coefficient (Wildman–Crippen LogP) is 2.70. The minimum atomic E-state index is -1.30. The van der Waals surface area contributed by atoms with Crippen LogP contribution in [0.2, 0.25) is 0 Å². The zero-order valence-electron chi connectivity index (χ0n) is 15.1. The molecule has 10 heteroatoms. The molecule has 3 N–H and O–H groups in total. The van der Waals surface area contributed by atoms with E-state index >= 15 is 0 Å². The second-order valence-corrected chi connectivity index (χ2v) is 7.16. The first kappa shape index (κ1) is 20.2. The molecule has 0 aliphatic carbocycles. The molecule has 2 aromatic carbocycles. The lowest BCUT2D eigenvalue weighted by atomic mass is 10.1. The number of carboxylic acids is 1. The summed E-state index contributed by atoms with van der Waals surface area (Å²) >= 11 is 0.738. The van der Waals surface area contributed by atoms with Crippen molar-refractivity contribution in [3.8, 4) is 11.5 Å².